The fraction of sp³-hybridized carbons (Fsp3) is 0.227. The molecule has 1 fully saturated rings. The van der Waals surface area contributed by atoms with E-state index in [4.69, 9.17) is 9.47 Å². The van der Waals surface area contributed by atoms with Crippen LogP contribution in [0.5, 0.6) is 17.2 Å². The van der Waals surface area contributed by atoms with Gasteiger partial charge in [0, 0.05) is 16.7 Å². The molecular weight excluding hydrogens is 328 g/mol. The number of ketones is 1. The first kappa shape index (κ1) is 17.8. The predicted molar refractivity (Wildman–Crippen MR) is 102 cm³/mol. The zero-order chi connectivity index (χ0) is 18.5. The van der Waals surface area contributed by atoms with E-state index in [0.29, 0.717) is 11.5 Å². The van der Waals surface area contributed by atoms with Crippen LogP contribution in [-0.2, 0) is 4.79 Å². The van der Waals surface area contributed by atoms with Crippen molar-refractivity contribution in [2.45, 2.75) is 19.3 Å². The number of hydrogen-bond acceptors (Lipinski definition) is 4. The number of aromatic hydroxyl groups is 1. The molecule has 3 rings (SSSR count). The Balaban J connectivity index is 1.94. The molecule has 0 spiro atoms. The van der Waals surface area contributed by atoms with Crippen molar-refractivity contribution in [3.05, 3.63) is 64.7 Å². The minimum atomic E-state index is 0.0458. The number of phenols is 1. The standard InChI is InChI=1S/C22H22O4/c1-25-20-11-5-9-18(22(20)26-2)14-17-8-4-7-16(21(17)24)12-15-6-3-10-19(23)13-15/h3,5-6,9-14,23H,4,7-8H2,1-2H3/b16-12+,17-14+. The van der Waals surface area contributed by atoms with Crippen LogP contribution in [0.2, 0.25) is 0 Å². The van der Waals surface area contributed by atoms with E-state index in [1.807, 2.05) is 36.4 Å². The van der Waals surface area contributed by atoms with Crippen LogP contribution in [0.25, 0.3) is 12.2 Å². The first-order valence-electron chi connectivity index (χ1n) is 8.58. The van der Waals surface area contributed by atoms with Crippen molar-refractivity contribution < 1.29 is 19.4 Å². The van der Waals surface area contributed by atoms with Crippen LogP contribution in [-0.4, -0.2) is 25.1 Å². The lowest BCUT2D eigenvalue weighted by Crippen LogP contribution is -2.12. The molecule has 1 N–H and O–H groups in total. The van der Waals surface area contributed by atoms with Crippen LogP contribution in [0.15, 0.2) is 53.6 Å². The van der Waals surface area contributed by atoms with E-state index >= 15 is 0 Å². The summed E-state index contributed by atoms with van der Waals surface area (Å²) in [6, 6.07) is 12.5. The summed E-state index contributed by atoms with van der Waals surface area (Å²) in [6.07, 6.45) is 6.13. The summed E-state index contributed by atoms with van der Waals surface area (Å²) in [5.41, 5.74) is 3.17. The maximum absolute atomic E-state index is 12.9. The van der Waals surface area contributed by atoms with Gasteiger partial charge in [-0.2, -0.15) is 0 Å². The van der Waals surface area contributed by atoms with Gasteiger partial charge in [0.1, 0.15) is 5.75 Å². The molecule has 0 radical (unpaired) electrons. The van der Waals surface area contributed by atoms with Gasteiger partial charge >= 0.3 is 0 Å². The van der Waals surface area contributed by atoms with Crippen molar-refractivity contribution in [3.63, 3.8) is 0 Å². The fourth-order valence-corrected chi connectivity index (χ4v) is 3.21. The maximum Gasteiger partial charge on any atom is 0.185 e. The van der Waals surface area contributed by atoms with Crippen molar-refractivity contribution in [2.24, 2.45) is 0 Å². The Hall–Kier alpha value is -3.01. The van der Waals surface area contributed by atoms with Gasteiger partial charge in [-0.1, -0.05) is 24.3 Å². The Morgan fingerprint density at radius 1 is 0.962 bits per heavy atom. The number of para-hydroxylation sites is 1. The van der Waals surface area contributed by atoms with Crippen LogP contribution < -0.4 is 9.47 Å². The van der Waals surface area contributed by atoms with Crippen molar-refractivity contribution in [2.75, 3.05) is 14.2 Å². The fourth-order valence-electron chi connectivity index (χ4n) is 3.21. The van der Waals surface area contributed by atoms with E-state index in [2.05, 4.69) is 0 Å². The molecule has 1 aliphatic carbocycles. The van der Waals surface area contributed by atoms with Crippen molar-refractivity contribution >= 4 is 17.9 Å². The molecule has 4 heteroatoms. The smallest absolute Gasteiger partial charge is 0.185 e. The van der Waals surface area contributed by atoms with E-state index in [1.54, 1.807) is 32.4 Å². The van der Waals surface area contributed by atoms with Gasteiger partial charge in [0.05, 0.1) is 14.2 Å². The summed E-state index contributed by atoms with van der Waals surface area (Å²) in [6.45, 7) is 0. The van der Waals surface area contributed by atoms with Gasteiger partial charge in [0.2, 0.25) is 0 Å². The van der Waals surface area contributed by atoms with Crippen LogP contribution in [0, 0.1) is 0 Å². The van der Waals surface area contributed by atoms with E-state index in [-0.39, 0.29) is 11.5 Å². The molecule has 0 saturated heterocycles. The van der Waals surface area contributed by atoms with Crippen molar-refractivity contribution in [3.8, 4) is 17.2 Å². The number of methoxy groups -OCH3 is 2. The Labute approximate surface area is 153 Å². The SMILES string of the molecule is COc1cccc(/C=C2\CCC/C(=C\c3cccc(O)c3)C2=O)c1OC. The Morgan fingerprint density at radius 2 is 1.69 bits per heavy atom. The minimum absolute atomic E-state index is 0.0458. The number of phenolic OH excluding ortho intramolecular Hbond substituents is 1. The lowest BCUT2D eigenvalue weighted by molar-refractivity contribution is -0.112. The second-order valence-corrected chi connectivity index (χ2v) is 6.20. The Kier molecular flexibility index (Phi) is 5.42. The molecular formula is C22H22O4. The van der Waals surface area contributed by atoms with E-state index in [9.17, 15) is 9.90 Å². The second-order valence-electron chi connectivity index (χ2n) is 6.20. The third-order valence-corrected chi connectivity index (χ3v) is 4.45. The highest BCUT2D eigenvalue weighted by molar-refractivity contribution is 6.14. The van der Waals surface area contributed by atoms with Crippen LogP contribution in [0.3, 0.4) is 0 Å². The first-order chi connectivity index (χ1) is 12.6. The number of carbonyl (C=O) groups is 1. The van der Waals surface area contributed by atoms with E-state index < -0.39 is 0 Å². The molecule has 0 atom stereocenters. The third-order valence-electron chi connectivity index (χ3n) is 4.45. The summed E-state index contributed by atoms with van der Waals surface area (Å²) < 4.78 is 10.8. The molecule has 26 heavy (non-hydrogen) atoms. The minimum Gasteiger partial charge on any atom is -0.508 e. The Bertz CT molecular complexity index is 877. The number of Topliss-reactive ketones (excluding diaryl/α,β-unsaturated/α-hetero) is 1. The highest BCUT2D eigenvalue weighted by atomic mass is 16.5. The van der Waals surface area contributed by atoms with Crippen LogP contribution in [0.1, 0.15) is 30.4 Å². The van der Waals surface area contributed by atoms with Crippen LogP contribution >= 0.6 is 0 Å². The van der Waals surface area contributed by atoms with Crippen molar-refractivity contribution in [1.29, 1.82) is 0 Å². The molecule has 0 bridgehead atoms. The predicted octanol–water partition coefficient (Wildman–Crippen LogP) is 4.63. The average molecular weight is 350 g/mol. The van der Waals surface area contributed by atoms with Gasteiger partial charge in [0.15, 0.2) is 17.3 Å². The summed E-state index contributed by atoms with van der Waals surface area (Å²) >= 11 is 0. The maximum atomic E-state index is 12.9. The summed E-state index contributed by atoms with van der Waals surface area (Å²) in [5, 5.41) is 9.61. The van der Waals surface area contributed by atoms with Gasteiger partial charge in [-0.25, -0.2) is 0 Å². The number of rotatable bonds is 4. The van der Waals surface area contributed by atoms with Crippen molar-refractivity contribution in [1.82, 2.24) is 0 Å². The van der Waals surface area contributed by atoms with Gasteiger partial charge in [-0.05, 0) is 55.2 Å². The highest BCUT2D eigenvalue weighted by Crippen LogP contribution is 2.35. The monoisotopic (exact) mass is 350 g/mol. The molecule has 0 aromatic heterocycles. The largest absolute Gasteiger partial charge is 0.508 e. The molecule has 1 aliphatic rings. The highest BCUT2D eigenvalue weighted by Gasteiger charge is 2.21. The van der Waals surface area contributed by atoms with Gasteiger partial charge in [-0.15, -0.1) is 0 Å². The summed E-state index contributed by atoms with van der Waals surface area (Å²) in [4.78, 5) is 12.9. The number of benzene rings is 2. The lowest BCUT2D eigenvalue weighted by Gasteiger charge is -2.17. The quantitative estimate of drug-likeness (QED) is 0.817. The second kappa shape index (κ2) is 7.91. The lowest BCUT2D eigenvalue weighted by atomic mass is 9.86. The van der Waals surface area contributed by atoms with E-state index in [1.165, 1.54) is 0 Å². The van der Waals surface area contributed by atoms with E-state index in [0.717, 1.165) is 41.5 Å². The zero-order valence-corrected chi connectivity index (χ0v) is 15.0. The molecule has 134 valence electrons. The van der Waals surface area contributed by atoms with Gasteiger partial charge < -0.3 is 14.6 Å². The average Bonchev–Trinajstić information content (AvgIpc) is 2.64. The van der Waals surface area contributed by atoms with Gasteiger partial charge in [-0.3, -0.25) is 4.79 Å². The molecule has 0 aliphatic heterocycles. The normalized spacial score (nSPS) is 17.5. The molecule has 2 aromatic carbocycles. The summed E-state index contributed by atoms with van der Waals surface area (Å²) in [5.74, 6) is 1.50. The molecule has 1 saturated carbocycles. The molecule has 0 heterocycles. The van der Waals surface area contributed by atoms with Gasteiger partial charge in [0.25, 0.3) is 0 Å². The number of hydrogen-bond donors (Lipinski definition) is 1. The molecule has 0 amide bonds. The number of allylic oxidation sites excluding steroid dienone is 2. The molecule has 2 aromatic rings. The third kappa shape index (κ3) is 3.80. The molecule has 0 unspecified atom stereocenters. The Morgan fingerprint density at radius 3 is 2.38 bits per heavy atom. The van der Waals surface area contributed by atoms with Crippen LogP contribution in [0.4, 0.5) is 0 Å². The topological polar surface area (TPSA) is 55.8 Å². The zero-order valence-electron chi connectivity index (χ0n) is 15.0. The number of carbonyl (C=O) groups excluding carboxylic acids is 1. The number of ether oxygens (including phenoxy) is 2. The first-order valence-corrected chi connectivity index (χ1v) is 8.58. The molecule has 4 nitrogen and oxygen atoms in total. The summed E-state index contributed by atoms with van der Waals surface area (Å²) in [7, 11) is 3.19.